The summed E-state index contributed by atoms with van der Waals surface area (Å²) in [5.74, 6) is 1.40. The molecule has 0 amide bonds. The van der Waals surface area contributed by atoms with Crippen molar-refractivity contribution in [3.05, 3.63) is 0 Å². The summed E-state index contributed by atoms with van der Waals surface area (Å²) in [4.78, 5) is 4.12. The van der Waals surface area contributed by atoms with Crippen LogP contribution in [0.5, 0.6) is 0 Å². The van der Waals surface area contributed by atoms with Gasteiger partial charge in [0.1, 0.15) is 0 Å². The number of nitrogens with one attached hydrogen (secondary N) is 2. The molecule has 1 fully saturated rings. The highest BCUT2D eigenvalue weighted by Crippen LogP contribution is 2.12. The van der Waals surface area contributed by atoms with Gasteiger partial charge in [0.05, 0.1) is 19.8 Å². The summed E-state index contributed by atoms with van der Waals surface area (Å²) >= 11 is 0. The molecule has 20 heavy (non-hydrogen) atoms. The molecule has 1 atom stereocenters. The quantitative estimate of drug-likeness (QED) is 0.260. The molecule has 1 aliphatic heterocycles. The predicted molar refractivity (Wildman–Crippen MR) is 91.0 cm³/mol. The van der Waals surface area contributed by atoms with Crippen LogP contribution in [0.2, 0.25) is 0 Å². The molecule has 1 aliphatic rings. The summed E-state index contributed by atoms with van der Waals surface area (Å²) in [7, 11) is 3.45. The van der Waals surface area contributed by atoms with Crippen LogP contribution < -0.4 is 10.6 Å². The Kier molecular flexibility index (Phi) is 13.8. The number of halogens is 1. The van der Waals surface area contributed by atoms with Crippen molar-refractivity contribution in [2.24, 2.45) is 10.9 Å². The minimum atomic E-state index is 0. The summed E-state index contributed by atoms with van der Waals surface area (Å²) in [5, 5.41) is 6.40. The molecule has 6 nitrogen and oxygen atoms in total. The Labute approximate surface area is 139 Å². The number of hydrogen-bond donors (Lipinski definition) is 2. The standard InChI is InChI=1S/C13H27N3O3.HI/c1-14-13(16-6-9-17-2)15-5-3-7-18-10-12-4-8-19-11-12;/h12H,3-11H2,1-2H3,(H2,14,15,16);1H. The van der Waals surface area contributed by atoms with Crippen molar-refractivity contribution in [2.45, 2.75) is 12.8 Å². The van der Waals surface area contributed by atoms with Crippen molar-refractivity contribution in [3.63, 3.8) is 0 Å². The van der Waals surface area contributed by atoms with Crippen molar-refractivity contribution in [1.29, 1.82) is 0 Å². The molecule has 7 heteroatoms. The van der Waals surface area contributed by atoms with E-state index in [1.165, 1.54) is 0 Å². The molecule has 1 saturated heterocycles. The molecule has 0 aromatic heterocycles. The van der Waals surface area contributed by atoms with Crippen LogP contribution in [-0.4, -0.2) is 66.2 Å². The monoisotopic (exact) mass is 401 g/mol. The third-order valence-corrected chi connectivity index (χ3v) is 2.96. The van der Waals surface area contributed by atoms with Gasteiger partial charge in [0.15, 0.2) is 5.96 Å². The van der Waals surface area contributed by atoms with Gasteiger partial charge in [-0.25, -0.2) is 0 Å². The highest BCUT2D eigenvalue weighted by atomic mass is 127. The summed E-state index contributed by atoms with van der Waals surface area (Å²) in [6, 6.07) is 0. The highest BCUT2D eigenvalue weighted by molar-refractivity contribution is 14.0. The van der Waals surface area contributed by atoms with E-state index < -0.39 is 0 Å². The highest BCUT2D eigenvalue weighted by Gasteiger charge is 2.15. The fourth-order valence-electron chi connectivity index (χ4n) is 1.84. The van der Waals surface area contributed by atoms with Crippen molar-refractivity contribution < 1.29 is 14.2 Å². The molecule has 0 radical (unpaired) electrons. The maximum Gasteiger partial charge on any atom is 0.191 e. The fourth-order valence-corrected chi connectivity index (χ4v) is 1.84. The number of rotatable bonds is 9. The van der Waals surface area contributed by atoms with Crippen LogP contribution in [0.25, 0.3) is 0 Å². The van der Waals surface area contributed by atoms with Crippen LogP contribution in [0, 0.1) is 5.92 Å². The SMILES string of the molecule is CN=C(NCCCOCC1CCOC1)NCCOC.I. The van der Waals surface area contributed by atoms with E-state index in [-0.39, 0.29) is 24.0 Å². The first-order valence-corrected chi connectivity index (χ1v) is 6.95. The zero-order valence-electron chi connectivity index (χ0n) is 12.5. The molecule has 1 heterocycles. The summed E-state index contributed by atoms with van der Waals surface area (Å²) < 4.78 is 15.9. The first-order chi connectivity index (χ1) is 9.36. The van der Waals surface area contributed by atoms with E-state index in [9.17, 15) is 0 Å². The lowest BCUT2D eigenvalue weighted by Gasteiger charge is -2.12. The Balaban J connectivity index is 0.00000361. The predicted octanol–water partition coefficient (Wildman–Crippen LogP) is 0.859. The summed E-state index contributed by atoms with van der Waals surface area (Å²) in [6.07, 6.45) is 2.10. The number of aliphatic imine (C=N–C) groups is 1. The molecule has 2 N–H and O–H groups in total. The maximum atomic E-state index is 5.63. The molecule has 0 aromatic carbocycles. The minimum Gasteiger partial charge on any atom is -0.383 e. The van der Waals surface area contributed by atoms with Gasteiger partial charge < -0.3 is 24.8 Å². The number of ether oxygens (including phenoxy) is 3. The lowest BCUT2D eigenvalue weighted by Crippen LogP contribution is -2.39. The van der Waals surface area contributed by atoms with Crippen LogP contribution in [0.15, 0.2) is 4.99 Å². The lowest BCUT2D eigenvalue weighted by molar-refractivity contribution is 0.0888. The van der Waals surface area contributed by atoms with Crippen LogP contribution in [0.3, 0.4) is 0 Å². The van der Waals surface area contributed by atoms with Crippen LogP contribution in [0.1, 0.15) is 12.8 Å². The van der Waals surface area contributed by atoms with E-state index in [4.69, 9.17) is 14.2 Å². The normalized spacial score (nSPS) is 18.7. The molecule has 0 aromatic rings. The van der Waals surface area contributed by atoms with Crippen molar-refractivity contribution in [1.82, 2.24) is 10.6 Å². The Hall–Kier alpha value is -0.120. The number of hydrogen-bond acceptors (Lipinski definition) is 4. The minimum absolute atomic E-state index is 0. The van der Waals surface area contributed by atoms with Crippen molar-refractivity contribution >= 4 is 29.9 Å². The number of guanidine groups is 1. The van der Waals surface area contributed by atoms with E-state index in [1.807, 2.05) is 0 Å². The first kappa shape index (κ1) is 19.9. The van der Waals surface area contributed by atoms with E-state index in [0.29, 0.717) is 12.5 Å². The molecule has 1 unspecified atom stereocenters. The Morgan fingerprint density at radius 3 is 2.75 bits per heavy atom. The van der Waals surface area contributed by atoms with Gasteiger partial charge in [-0.05, 0) is 12.8 Å². The zero-order chi connectivity index (χ0) is 13.8. The smallest absolute Gasteiger partial charge is 0.191 e. The van der Waals surface area contributed by atoms with Gasteiger partial charge in [-0.3, -0.25) is 4.99 Å². The van der Waals surface area contributed by atoms with Gasteiger partial charge in [-0.2, -0.15) is 0 Å². The summed E-state index contributed by atoms with van der Waals surface area (Å²) in [6.45, 7) is 5.63. The third-order valence-electron chi connectivity index (χ3n) is 2.96. The van der Waals surface area contributed by atoms with Gasteiger partial charge in [0.25, 0.3) is 0 Å². The van der Waals surface area contributed by atoms with E-state index in [2.05, 4.69) is 15.6 Å². The van der Waals surface area contributed by atoms with Gasteiger partial charge in [-0.1, -0.05) is 0 Å². The average molecular weight is 401 g/mol. The van der Waals surface area contributed by atoms with E-state index in [1.54, 1.807) is 14.2 Å². The van der Waals surface area contributed by atoms with Gasteiger partial charge >= 0.3 is 0 Å². The van der Waals surface area contributed by atoms with Crippen LogP contribution >= 0.6 is 24.0 Å². The van der Waals surface area contributed by atoms with Gasteiger partial charge in [0.2, 0.25) is 0 Å². The number of nitrogens with zero attached hydrogens (tertiary/aromatic N) is 1. The molecule has 120 valence electrons. The lowest BCUT2D eigenvalue weighted by atomic mass is 10.1. The van der Waals surface area contributed by atoms with E-state index >= 15 is 0 Å². The summed E-state index contributed by atoms with van der Waals surface area (Å²) in [5.41, 5.74) is 0. The topological polar surface area (TPSA) is 64.1 Å². The second-order valence-corrected chi connectivity index (χ2v) is 4.58. The molecular formula is C13H28IN3O3. The molecule has 0 saturated carbocycles. The second-order valence-electron chi connectivity index (χ2n) is 4.58. The van der Waals surface area contributed by atoms with Crippen LogP contribution in [0.4, 0.5) is 0 Å². The van der Waals surface area contributed by atoms with Gasteiger partial charge in [-0.15, -0.1) is 24.0 Å². The largest absolute Gasteiger partial charge is 0.383 e. The third kappa shape index (κ3) is 9.73. The Morgan fingerprint density at radius 2 is 2.10 bits per heavy atom. The van der Waals surface area contributed by atoms with Crippen molar-refractivity contribution in [3.8, 4) is 0 Å². The second kappa shape index (κ2) is 13.8. The Morgan fingerprint density at radius 1 is 1.30 bits per heavy atom. The number of methoxy groups -OCH3 is 1. The molecule has 0 bridgehead atoms. The van der Waals surface area contributed by atoms with E-state index in [0.717, 1.165) is 58.3 Å². The molecular weight excluding hydrogens is 373 g/mol. The maximum absolute atomic E-state index is 5.63. The molecule has 1 rings (SSSR count). The molecule has 0 aliphatic carbocycles. The first-order valence-electron chi connectivity index (χ1n) is 6.95. The van der Waals surface area contributed by atoms with Crippen molar-refractivity contribution in [2.75, 3.05) is 60.3 Å². The fraction of sp³-hybridized carbons (Fsp3) is 0.923. The zero-order valence-corrected chi connectivity index (χ0v) is 14.9. The Bertz CT molecular complexity index is 249. The van der Waals surface area contributed by atoms with Crippen LogP contribution in [-0.2, 0) is 14.2 Å². The molecule has 0 spiro atoms. The van der Waals surface area contributed by atoms with Gasteiger partial charge in [0, 0.05) is 46.4 Å². The average Bonchev–Trinajstić information content (AvgIpc) is 2.94.